The van der Waals surface area contributed by atoms with Crippen molar-refractivity contribution in [3.63, 3.8) is 0 Å². The highest BCUT2D eigenvalue weighted by Gasteiger charge is 2.15. The van der Waals surface area contributed by atoms with Gasteiger partial charge in [-0.25, -0.2) is 0 Å². The molecular weight excluding hydrogens is 387 g/mol. The van der Waals surface area contributed by atoms with Crippen LogP contribution in [-0.4, -0.2) is 75.4 Å². The number of hydrogen-bond donors (Lipinski definition) is 2. The lowest BCUT2D eigenvalue weighted by Gasteiger charge is -2.26. The van der Waals surface area contributed by atoms with Gasteiger partial charge >= 0.3 is 0 Å². The molecule has 2 aliphatic rings. The number of ether oxygens (including phenoxy) is 1. The third-order valence-corrected chi connectivity index (χ3v) is 4.57. The largest absolute Gasteiger partial charge is 0.381 e. The van der Waals surface area contributed by atoms with E-state index in [9.17, 15) is 0 Å². The van der Waals surface area contributed by atoms with Crippen LogP contribution in [0.5, 0.6) is 0 Å². The van der Waals surface area contributed by atoms with Crippen molar-refractivity contribution < 1.29 is 4.74 Å². The number of rotatable bonds is 5. The van der Waals surface area contributed by atoms with E-state index in [4.69, 9.17) is 4.74 Å². The second-order valence-corrected chi connectivity index (χ2v) is 6.29. The minimum absolute atomic E-state index is 0. The Hall–Kier alpha value is 0.270. The molecule has 0 spiro atoms. The minimum Gasteiger partial charge on any atom is -0.381 e. The highest BCUT2D eigenvalue weighted by atomic mass is 127. The summed E-state index contributed by atoms with van der Waals surface area (Å²) in [5.74, 6) is 4.10. The van der Waals surface area contributed by atoms with Crippen LogP contribution in [-0.2, 0) is 4.74 Å². The summed E-state index contributed by atoms with van der Waals surface area (Å²) in [6.07, 6.45) is 1.16. The Morgan fingerprint density at radius 1 is 1.35 bits per heavy atom. The van der Waals surface area contributed by atoms with E-state index in [1.54, 1.807) is 0 Å². The van der Waals surface area contributed by atoms with Gasteiger partial charge in [0.25, 0.3) is 0 Å². The van der Waals surface area contributed by atoms with Gasteiger partial charge in [0.05, 0.1) is 6.61 Å². The second kappa shape index (κ2) is 10.9. The number of nitrogens with one attached hydrogen (secondary N) is 2. The van der Waals surface area contributed by atoms with E-state index >= 15 is 0 Å². The lowest BCUT2D eigenvalue weighted by Crippen LogP contribution is -2.44. The van der Waals surface area contributed by atoms with Gasteiger partial charge in [0.2, 0.25) is 0 Å². The third-order valence-electron chi connectivity index (χ3n) is 3.63. The molecule has 0 saturated carbocycles. The summed E-state index contributed by atoms with van der Waals surface area (Å²) in [6.45, 7) is 7.26. The molecule has 2 heterocycles. The first-order valence-corrected chi connectivity index (χ1v) is 8.36. The van der Waals surface area contributed by atoms with Crippen LogP contribution in [0.4, 0.5) is 0 Å². The van der Waals surface area contributed by atoms with E-state index in [0.29, 0.717) is 5.92 Å². The topological polar surface area (TPSA) is 48.9 Å². The molecule has 20 heavy (non-hydrogen) atoms. The van der Waals surface area contributed by atoms with Gasteiger partial charge in [-0.15, -0.1) is 24.0 Å². The third kappa shape index (κ3) is 6.82. The highest BCUT2D eigenvalue weighted by Crippen LogP contribution is 2.10. The van der Waals surface area contributed by atoms with E-state index in [1.165, 1.54) is 24.6 Å². The van der Waals surface area contributed by atoms with E-state index in [1.807, 2.05) is 7.05 Å². The van der Waals surface area contributed by atoms with Gasteiger partial charge in [-0.1, -0.05) is 0 Å². The summed E-state index contributed by atoms with van der Waals surface area (Å²) in [5, 5.41) is 6.78. The van der Waals surface area contributed by atoms with Crippen molar-refractivity contribution in [3.8, 4) is 0 Å². The zero-order valence-electron chi connectivity index (χ0n) is 12.3. The monoisotopic (exact) mass is 414 g/mol. The van der Waals surface area contributed by atoms with Crippen LogP contribution >= 0.6 is 35.7 Å². The molecule has 0 aromatic heterocycles. The molecule has 0 aliphatic carbocycles. The predicted octanol–water partition coefficient (Wildman–Crippen LogP) is 0.855. The predicted molar refractivity (Wildman–Crippen MR) is 97.5 cm³/mol. The number of hydrogen-bond acceptors (Lipinski definition) is 4. The summed E-state index contributed by atoms with van der Waals surface area (Å²) >= 11 is 2.06. The smallest absolute Gasteiger partial charge is 0.191 e. The molecule has 2 fully saturated rings. The first kappa shape index (κ1) is 18.3. The van der Waals surface area contributed by atoms with Crippen molar-refractivity contribution in [2.24, 2.45) is 10.9 Å². The molecule has 5 nitrogen and oxygen atoms in total. The van der Waals surface area contributed by atoms with Gasteiger partial charge < -0.3 is 15.4 Å². The fourth-order valence-corrected chi connectivity index (χ4v) is 3.34. The molecule has 0 aromatic rings. The van der Waals surface area contributed by atoms with Gasteiger partial charge in [-0.2, -0.15) is 11.8 Å². The maximum Gasteiger partial charge on any atom is 0.191 e. The Balaban J connectivity index is 0.00000200. The molecule has 0 amide bonds. The SMILES string of the molecule is CN=C(NCCN1CCSCC1)NCC1CCOC1.I. The maximum atomic E-state index is 5.37. The maximum absolute atomic E-state index is 5.37. The van der Waals surface area contributed by atoms with Crippen LogP contribution in [0.25, 0.3) is 0 Å². The van der Waals surface area contributed by atoms with Gasteiger partial charge in [0, 0.05) is 63.8 Å². The van der Waals surface area contributed by atoms with Crippen LogP contribution in [0, 0.1) is 5.92 Å². The van der Waals surface area contributed by atoms with E-state index in [0.717, 1.165) is 45.2 Å². The van der Waals surface area contributed by atoms with Crippen molar-refractivity contribution in [1.29, 1.82) is 0 Å². The number of aliphatic imine (C=N–C) groups is 1. The molecule has 118 valence electrons. The fraction of sp³-hybridized carbons (Fsp3) is 0.923. The van der Waals surface area contributed by atoms with Crippen molar-refractivity contribution in [1.82, 2.24) is 15.5 Å². The second-order valence-electron chi connectivity index (χ2n) is 5.06. The van der Waals surface area contributed by atoms with Crippen molar-refractivity contribution in [2.45, 2.75) is 6.42 Å². The molecule has 2 rings (SSSR count). The molecule has 0 bridgehead atoms. The van der Waals surface area contributed by atoms with Crippen LogP contribution in [0.3, 0.4) is 0 Å². The quantitative estimate of drug-likeness (QED) is 0.397. The molecule has 0 radical (unpaired) electrons. The molecule has 2 N–H and O–H groups in total. The molecule has 7 heteroatoms. The number of guanidine groups is 1. The molecule has 0 aromatic carbocycles. The Bertz CT molecular complexity index is 282. The van der Waals surface area contributed by atoms with Crippen LogP contribution in [0.1, 0.15) is 6.42 Å². The Morgan fingerprint density at radius 3 is 2.80 bits per heavy atom. The highest BCUT2D eigenvalue weighted by molar-refractivity contribution is 14.0. The zero-order chi connectivity index (χ0) is 13.3. The average molecular weight is 414 g/mol. The summed E-state index contributed by atoms with van der Waals surface area (Å²) in [7, 11) is 1.83. The number of thioether (sulfide) groups is 1. The number of halogens is 1. The lowest BCUT2D eigenvalue weighted by molar-refractivity contribution is 0.186. The van der Waals surface area contributed by atoms with Crippen molar-refractivity contribution >= 4 is 41.7 Å². The van der Waals surface area contributed by atoms with Crippen LogP contribution in [0.15, 0.2) is 4.99 Å². The lowest BCUT2D eigenvalue weighted by atomic mass is 10.1. The summed E-state index contributed by atoms with van der Waals surface area (Å²) in [4.78, 5) is 6.78. The fourth-order valence-electron chi connectivity index (χ4n) is 2.36. The van der Waals surface area contributed by atoms with Crippen LogP contribution < -0.4 is 10.6 Å². The van der Waals surface area contributed by atoms with Crippen molar-refractivity contribution in [3.05, 3.63) is 0 Å². The van der Waals surface area contributed by atoms with Gasteiger partial charge in [0.15, 0.2) is 5.96 Å². The van der Waals surface area contributed by atoms with Crippen LogP contribution in [0.2, 0.25) is 0 Å². The number of nitrogens with zero attached hydrogens (tertiary/aromatic N) is 2. The van der Waals surface area contributed by atoms with E-state index in [-0.39, 0.29) is 24.0 Å². The average Bonchev–Trinajstić information content (AvgIpc) is 2.97. The summed E-state index contributed by atoms with van der Waals surface area (Å²) < 4.78 is 5.37. The zero-order valence-corrected chi connectivity index (χ0v) is 15.4. The molecule has 1 atom stereocenters. The normalized spacial score (nSPS) is 24.2. The molecule has 2 aliphatic heterocycles. The summed E-state index contributed by atoms with van der Waals surface area (Å²) in [5.41, 5.74) is 0. The Morgan fingerprint density at radius 2 is 2.15 bits per heavy atom. The first-order chi connectivity index (χ1) is 9.38. The van der Waals surface area contributed by atoms with E-state index in [2.05, 4.69) is 32.3 Å². The van der Waals surface area contributed by atoms with Gasteiger partial charge in [-0.05, 0) is 6.42 Å². The molecular formula is C13H27IN4OS. The molecule has 2 saturated heterocycles. The van der Waals surface area contributed by atoms with Gasteiger partial charge in [-0.3, -0.25) is 9.89 Å². The van der Waals surface area contributed by atoms with Gasteiger partial charge in [0.1, 0.15) is 0 Å². The standard InChI is InChI=1S/C13H26N4OS.HI/c1-14-13(16-10-12-2-7-18-11-12)15-3-4-17-5-8-19-9-6-17;/h12H,2-11H2,1H3,(H2,14,15,16);1H. The summed E-state index contributed by atoms with van der Waals surface area (Å²) in [6, 6.07) is 0. The minimum atomic E-state index is 0. The van der Waals surface area contributed by atoms with E-state index < -0.39 is 0 Å². The Kier molecular flexibility index (Phi) is 10.0. The van der Waals surface area contributed by atoms with Crippen molar-refractivity contribution in [2.75, 3.05) is 64.5 Å². The first-order valence-electron chi connectivity index (χ1n) is 7.21. The Labute approximate surface area is 143 Å². The molecule has 1 unspecified atom stereocenters.